The van der Waals surface area contributed by atoms with Crippen LogP contribution < -0.4 is 0 Å². The quantitative estimate of drug-likeness (QED) is 0.356. The van der Waals surface area contributed by atoms with Gasteiger partial charge in [-0.3, -0.25) is 0 Å². The third-order valence-electron chi connectivity index (χ3n) is 4.89. The van der Waals surface area contributed by atoms with Gasteiger partial charge in [-0.1, -0.05) is 57.2 Å². The Morgan fingerprint density at radius 1 is 0.889 bits per heavy atom. The Kier molecular flexibility index (Phi) is 4.35. The lowest BCUT2D eigenvalue weighted by atomic mass is 9.85. The molecule has 1 heterocycles. The van der Waals surface area contributed by atoms with Crippen molar-refractivity contribution in [3.05, 3.63) is 77.6 Å². The van der Waals surface area contributed by atoms with E-state index in [9.17, 15) is 4.39 Å². The second-order valence-corrected chi connectivity index (χ2v) is 8.99. The fourth-order valence-corrected chi connectivity index (χ4v) is 4.36. The van der Waals surface area contributed by atoms with Crippen LogP contribution in [0.1, 0.15) is 31.9 Å². The van der Waals surface area contributed by atoms with Gasteiger partial charge in [-0.2, -0.15) is 0 Å². The van der Waals surface area contributed by atoms with Crippen LogP contribution in [0.2, 0.25) is 0 Å². The van der Waals surface area contributed by atoms with E-state index in [-0.39, 0.29) is 11.2 Å². The van der Waals surface area contributed by atoms with Crippen molar-refractivity contribution in [1.82, 2.24) is 4.98 Å². The maximum absolute atomic E-state index is 13.4. The number of aryl methyl sites for hydroxylation is 1. The molecule has 0 amide bonds. The predicted molar refractivity (Wildman–Crippen MR) is 114 cm³/mol. The molecule has 3 heteroatoms. The van der Waals surface area contributed by atoms with Crippen LogP contribution in [-0.2, 0) is 5.41 Å². The van der Waals surface area contributed by atoms with Gasteiger partial charge in [-0.15, -0.1) is 11.3 Å². The summed E-state index contributed by atoms with van der Waals surface area (Å²) in [5.74, 6) is -0.221. The fourth-order valence-electron chi connectivity index (χ4n) is 3.24. The second kappa shape index (κ2) is 6.58. The van der Waals surface area contributed by atoms with Crippen LogP contribution in [0.25, 0.3) is 31.9 Å². The Morgan fingerprint density at radius 2 is 1.59 bits per heavy atom. The standard InChI is InChI=1S/C24H22FNS/c1-15-7-5-6-8-19(15)23-26-22-20(16-9-11-18(25)12-10-16)13-17(24(2,3)4)14-21(22)27-23/h5-14H,1-4H3. The van der Waals surface area contributed by atoms with Gasteiger partial charge in [-0.05, 0) is 53.3 Å². The third kappa shape index (κ3) is 3.40. The van der Waals surface area contributed by atoms with Gasteiger partial charge >= 0.3 is 0 Å². The Bertz CT molecular complexity index is 1120. The highest BCUT2D eigenvalue weighted by molar-refractivity contribution is 7.21. The van der Waals surface area contributed by atoms with Crippen molar-refractivity contribution in [3.63, 3.8) is 0 Å². The highest BCUT2D eigenvalue weighted by Gasteiger charge is 2.20. The van der Waals surface area contributed by atoms with E-state index in [1.807, 2.05) is 18.2 Å². The number of benzene rings is 3. The molecule has 0 radical (unpaired) electrons. The van der Waals surface area contributed by atoms with E-state index >= 15 is 0 Å². The van der Waals surface area contributed by atoms with Crippen LogP contribution in [0.3, 0.4) is 0 Å². The summed E-state index contributed by atoms with van der Waals surface area (Å²) >= 11 is 1.72. The average molecular weight is 376 g/mol. The van der Waals surface area contributed by atoms with Crippen LogP contribution in [0, 0.1) is 12.7 Å². The van der Waals surface area contributed by atoms with Crippen LogP contribution in [0.4, 0.5) is 4.39 Å². The number of fused-ring (bicyclic) bond motifs is 1. The summed E-state index contributed by atoms with van der Waals surface area (Å²) in [4.78, 5) is 4.99. The predicted octanol–water partition coefficient (Wildman–Crippen LogP) is 7.38. The fraction of sp³-hybridized carbons (Fsp3) is 0.208. The van der Waals surface area contributed by atoms with Crippen LogP contribution in [-0.4, -0.2) is 4.98 Å². The molecule has 1 aromatic heterocycles. The normalized spacial score (nSPS) is 11.9. The van der Waals surface area contributed by atoms with Gasteiger partial charge in [0.25, 0.3) is 0 Å². The van der Waals surface area contributed by atoms with Crippen molar-refractivity contribution in [3.8, 4) is 21.7 Å². The molecule has 0 saturated heterocycles. The van der Waals surface area contributed by atoms with E-state index in [0.717, 1.165) is 21.7 Å². The highest BCUT2D eigenvalue weighted by Crippen LogP contribution is 2.40. The van der Waals surface area contributed by atoms with Gasteiger partial charge < -0.3 is 0 Å². The number of nitrogens with zero attached hydrogens (tertiary/aromatic N) is 1. The minimum atomic E-state index is -0.221. The lowest BCUT2D eigenvalue weighted by Gasteiger charge is -2.20. The third-order valence-corrected chi connectivity index (χ3v) is 5.93. The van der Waals surface area contributed by atoms with Gasteiger partial charge in [0.2, 0.25) is 0 Å². The largest absolute Gasteiger partial charge is 0.235 e. The minimum absolute atomic E-state index is 0.0236. The number of thiazole rings is 1. The molecule has 0 fully saturated rings. The number of hydrogen-bond acceptors (Lipinski definition) is 2. The van der Waals surface area contributed by atoms with Crippen molar-refractivity contribution in [2.75, 3.05) is 0 Å². The van der Waals surface area contributed by atoms with Crippen molar-refractivity contribution in [2.45, 2.75) is 33.1 Å². The summed E-state index contributed by atoms with van der Waals surface area (Å²) in [5, 5.41) is 1.03. The zero-order chi connectivity index (χ0) is 19.2. The summed E-state index contributed by atoms with van der Waals surface area (Å²) in [6.45, 7) is 8.76. The molecule has 0 saturated carbocycles. The molecule has 0 atom stereocenters. The van der Waals surface area contributed by atoms with Gasteiger partial charge in [0.1, 0.15) is 10.8 Å². The molecular weight excluding hydrogens is 353 g/mol. The SMILES string of the molecule is Cc1ccccc1-c1nc2c(-c3ccc(F)cc3)cc(C(C)(C)C)cc2s1. The molecule has 0 aliphatic carbocycles. The number of aromatic nitrogens is 1. The first-order chi connectivity index (χ1) is 12.8. The highest BCUT2D eigenvalue weighted by atomic mass is 32.1. The van der Waals surface area contributed by atoms with Gasteiger partial charge in [0.15, 0.2) is 0 Å². The van der Waals surface area contributed by atoms with E-state index in [2.05, 4.69) is 58.0 Å². The van der Waals surface area contributed by atoms with Crippen LogP contribution in [0.15, 0.2) is 60.7 Å². The molecule has 0 aliphatic heterocycles. The zero-order valence-electron chi connectivity index (χ0n) is 16.0. The van der Waals surface area contributed by atoms with Gasteiger partial charge in [-0.25, -0.2) is 9.37 Å². The Morgan fingerprint density at radius 3 is 2.26 bits per heavy atom. The smallest absolute Gasteiger partial charge is 0.124 e. The molecule has 0 spiro atoms. The molecular formula is C24H22FNS. The van der Waals surface area contributed by atoms with Gasteiger partial charge in [0.05, 0.1) is 10.2 Å². The lowest BCUT2D eigenvalue weighted by Crippen LogP contribution is -2.11. The summed E-state index contributed by atoms with van der Waals surface area (Å²) < 4.78 is 14.6. The molecule has 0 unspecified atom stereocenters. The molecule has 0 aliphatic rings. The molecule has 4 rings (SSSR count). The van der Waals surface area contributed by atoms with Crippen molar-refractivity contribution >= 4 is 21.6 Å². The van der Waals surface area contributed by atoms with E-state index in [0.29, 0.717) is 0 Å². The van der Waals surface area contributed by atoms with E-state index < -0.39 is 0 Å². The molecule has 4 aromatic rings. The first kappa shape index (κ1) is 17.9. The maximum atomic E-state index is 13.4. The van der Waals surface area contributed by atoms with E-state index in [1.54, 1.807) is 11.3 Å². The lowest BCUT2D eigenvalue weighted by molar-refractivity contribution is 0.591. The van der Waals surface area contributed by atoms with Crippen molar-refractivity contribution in [2.24, 2.45) is 0 Å². The van der Waals surface area contributed by atoms with Crippen molar-refractivity contribution in [1.29, 1.82) is 0 Å². The second-order valence-electron chi connectivity index (χ2n) is 7.96. The monoisotopic (exact) mass is 375 g/mol. The molecule has 1 nitrogen and oxygen atoms in total. The summed E-state index contributed by atoms with van der Waals surface area (Å²) in [6.07, 6.45) is 0. The van der Waals surface area contributed by atoms with Crippen LogP contribution in [0.5, 0.6) is 0 Å². The Labute approximate surface area is 163 Å². The summed E-state index contributed by atoms with van der Waals surface area (Å²) in [7, 11) is 0. The van der Waals surface area contributed by atoms with Gasteiger partial charge in [0, 0.05) is 11.1 Å². The van der Waals surface area contributed by atoms with E-state index in [4.69, 9.17) is 4.98 Å². The average Bonchev–Trinajstić information content (AvgIpc) is 3.05. The number of halogens is 1. The molecule has 27 heavy (non-hydrogen) atoms. The summed E-state index contributed by atoms with van der Waals surface area (Å²) in [6, 6.07) is 19.5. The number of rotatable bonds is 2. The number of hydrogen-bond donors (Lipinski definition) is 0. The molecule has 136 valence electrons. The Balaban J connectivity index is 1.99. The zero-order valence-corrected chi connectivity index (χ0v) is 16.8. The van der Waals surface area contributed by atoms with E-state index in [1.165, 1.54) is 33.5 Å². The molecule has 0 N–H and O–H groups in total. The first-order valence-electron chi connectivity index (χ1n) is 9.10. The van der Waals surface area contributed by atoms with Crippen LogP contribution >= 0.6 is 11.3 Å². The minimum Gasteiger partial charge on any atom is -0.235 e. The molecule has 0 bridgehead atoms. The maximum Gasteiger partial charge on any atom is 0.124 e. The topological polar surface area (TPSA) is 12.9 Å². The summed E-state index contributed by atoms with van der Waals surface area (Å²) in [5.41, 5.74) is 6.71. The first-order valence-corrected chi connectivity index (χ1v) is 9.91. The molecule has 3 aromatic carbocycles. The van der Waals surface area contributed by atoms with Crippen molar-refractivity contribution < 1.29 is 4.39 Å². The Hall–Kier alpha value is -2.52.